The summed E-state index contributed by atoms with van der Waals surface area (Å²) in [5.41, 5.74) is 2.38. The van der Waals surface area contributed by atoms with Gasteiger partial charge in [-0.25, -0.2) is 0 Å². The highest BCUT2D eigenvalue weighted by molar-refractivity contribution is 6.25. The molecule has 200 valence electrons. The zero-order valence-electron chi connectivity index (χ0n) is 36.3. The minimum atomic E-state index is -0.537. The lowest BCUT2D eigenvalue weighted by Gasteiger charge is -2.18. The van der Waals surface area contributed by atoms with Crippen LogP contribution in [-0.2, 0) is 0 Å². The van der Waals surface area contributed by atoms with Crippen molar-refractivity contribution in [2.24, 2.45) is 0 Å². The molecule has 0 atom stereocenters. The molecule has 1 aromatic heterocycles. The van der Waals surface area contributed by atoms with Crippen LogP contribution in [0.15, 0.2) is 162 Å². The van der Waals surface area contributed by atoms with Gasteiger partial charge in [-0.15, -0.1) is 0 Å². The lowest BCUT2D eigenvalue weighted by molar-refractivity contribution is 0.669. The van der Waals surface area contributed by atoms with Crippen LogP contribution in [0.3, 0.4) is 0 Å². The molecule has 43 heavy (non-hydrogen) atoms. The van der Waals surface area contributed by atoms with Gasteiger partial charge < -0.3 is 4.42 Å². The molecule has 1 heteroatoms. The third-order valence-corrected chi connectivity index (χ3v) is 7.84. The molecular weight excluding hydrogens is 520 g/mol. The number of fused-ring (bicyclic) bond motifs is 6. The second-order valence-electron chi connectivity index (χ2n) is 10.2. The Labute approximate surface area is 268 Å². The number of benzene rings is 8. The third kappa shape index (κ3) is 3.72. The summed E-state index contributed by atoms with van der Waals surface area (Å²) < 4.78 is 127. The van der Waals surface area contributed by atoms with Crippen LogP contribution in [0.4, 0.5) is 0 Å². The van der Waals surface area contributed by atoms with E-state index in [1.807, 2.05) is 48.5 Å². The molecule has 0 saturated carbocycles. The van der Waals surface area contributed by atoms with E-state index in [2.05, 4.69) is 0 Å². The summed E-state index contributed by atoms with van der Waals surface area (Å²) in [6.07, 6.45) is 0. The molecular formula is C42H26O. The fourth-order valence-electron chi connectivity index (χ4n) is 5.99. The van der Waals surface area contributed by atoms with Crippen molar-refractivity contribution in [3.8, 4) is 33.4 Å². The smallest absolute Gasteiger partial charge is 0.136 e. The molecule has 0 saturated heterocycles. The third-order valence-electron chi connectivity index (χ3n) is 7.84. The maximum Gasteiger partial charge on any atom is 0.136 e. The van der Waals surface area contributed by atoms with Crippen molar-refractivity contribution < 1.29 is 23.6 Å². The number of hydrogen-bond donors (Lipinski definition) is 0. The highest BCUT2D eigenvalue weighted by Gasteiger charge is 2.20. The Morgan fingerprint density at radius 3 is 1.77 bits per heavy atom. The summed E-state index contributed by atoms with van der Waals surface area (Å²) in [5.74, 6) is 0. The highest BCUT2D eigenvalue weighted by Crippen LogP contribution is 2.46. The minimum absolute atomic E-state index is 0.0171. The zero-order valence-corrected chi connectivity index (χ0v) is 22.3. The van der Waals surface area contributed by atoms with E-state index in [9.17, 15) is 1.37 Å². The molecule has 0 bridgehead atoms. The van der Waals surface area contributed by atoms with Gasteiger partial charge in [-0.3, -0.25) is 0 Å². The molecule has 1 nitrogen and oxygen atoms in total. The standard InChI is InChI=1S/C42H26O/c1-2-11-30-26-31(25-22-27(30)10-1)28-20-23-29(24-21-28)40-32-12-3-5-14-34(32)41(35-15-6-4-13-33(35)40)37-17-9-19-39-42(37)36-16-7-8-18-38(36)43-39/h1-26H/i1D,2D,7D,8D,9D,10D,11D,16D,17D,18D,19D,22D,25D,26D. The largest absolute Gasteiger partial charge is 0.456 e. The topological polar surface area (TPSA) is 13.1 Å². The molecule has 0 unspecified atom stereocenters. The lowest BCUT2D eigenvalue weighted by Crippen LogP contribution is -1.91. The van der Waals surface area contributed by atoms with E-state index in [-0.39, 0.29) is 68.0 Å². The first-order chi connectivity index (χ1) is 27.2. The lowest BCUT2D eigenvalue weighted by atomic mass is 9.84. The first kappa shape index (κ1) is 14.0. The summed E-state index contributed by atoms with van der Waals surface area (Å²) >= 11 is 0. The second-order valence-corrected chi connectivity index (χ2v) is 10.2. The van der Waals surface area contributed by atoms with Gasteiger partial charge in [0, 0.05) is 10.8 Å². The number of hydrogen-bond acceptors (Lipinski definition) is 1. The van der Waals surface area contributed by atoms with Crippen LogP contribution in [0.25, 0.3) is 87.6 Å². The predicted octanol–water partition coefficient (Wildman–Crippen LogP) is 12.0. The molecule has 1 heterocycles. The Bertz CT molecular complexity index is 3220. The van der Waals surface area contributed by atoms with E-state index in [4.69, 9.17) is 22.2 Å². The van der Waals surface area contributed by atoms with E-state index in [0.717, 1.165) is 21.9 Å². The SMILES string of the molecule is [2H]c1c([2H])c([2H])c2c(oc3c([2H])c([2H])c([2H])c(-c4c5ccccc5c(-c5ccc(-c6c([2H])c([2H])c7c([2H])c([2H])c([2H])c([2H])c7c6[2H])cc5)c5ccccc45)c32)c1[2H]. The van der Waals surface area contributed by atoms with Crippen LogP contribution >= 0.6 is 0 Å². The molecule has 0 amide bonds. The quantitative estimate of drug-likeness (QED) is 0.196. The maximum atomic E-state index is 9.28. The first-order valence-electron chi connectivity index (χ1n) is 20.6. The average Bonchev–Trinajstić information content (AvgIpc) is 3.62. The summed E-state index contributed by atoms with van der Waals surface area (Å²) in [6.45, 7) is 0. The van der Waals surface area contributed by atoms with Gasteiger partial charge in [0.1, 0.15) is 11.2 Å². The Kier molecular flexibility index (Phi) is 3.07. The summed E-state index contributed by atoms with van der Waals surface area (Å²) in [7, 11) is 0. The van der Waals surface area contributed by atoms with Gasteiger partial charge in [0.2, 0.25) is 0 Å². The van der Waals surface area contributed by atoms with E-state index in [1.54, 1.807) is 24.3 Å². The highest BCUT2D eigenvalue weighted by atomic mass is 16.3. The summed E-state index contributed by atoms with van der Waals surface area (Å²) in [6, 6.07) is 15.9. The molecule has 8 aromatic carbocycles. The van der Waals surface area contributed by atoms with Crippen molar-refractivity contribution in [1.82, 2.24) is 0 Å². The van der Waals surface area contributed by atoms with Crippen LogP contribution in [0.5, 0.6) is 0 Å². The Morgan fingerprint density at radius 1 is 0.419 bits per heavy atom. The van der Waals surface area contributed by atoms with Crippen molar-refractivity contribution >= 4 is 54.3 Å². The van der Waals surface area contributed by atoms with Crippen LogP contribution in [-0.4, -0.2) is 0 Å². The van der Waals surface area contributed by atoms with E-state index in [1.165, 1.54) is 0 Å². The molecule has 0 fully saturated rings. The van der Waals surface area contributed by atoms with Crippen LogP contribution in [0.2, 0.25) is 0 Å². The molecule has 9 rings (SSSR count). The van der Waals surface area contributed by atoms with Crippen molar-refractivity contribution in [1.29, 1.82) is 0 Å². The van der Waals surface area contributed by atoms with Crippen molar-refractivity contribution in [2.45, 2.75) is 0 Å². The van der Waals surface area contributed by atoms with E-state index in [0.29, 0.717) is 21.9 Å². The fraction of sp³-hybridized carbons (Fsp3) is 0. The van der Waals surface area contributed by atoms with Gasteiger partial charge >= 0.3 is 0 Å². The first-order valence-corrected chi connectivity index (χ1v) is 13.6. The van der Waals surface area contributed by atoms with Gasteiger partial charge in [0.25, 0.3) is 0 Å². The van der Waals surface area contributed by atoms with Gasteiger partial charge in [-0.2, -0.15) is 0 Å². The van der Waals surface area contributed by atoms with Crippen LogP contribution < -0.4 is 0 Å². The zero-order chi connectivity index (χ0) is 40.5. The maximum absolute atomic E-state index is 9.28. The van der Waals surface area contributed by atoms with Gasteiger partial charge in [0.15, 0.2) is 0 Å². The molecule has 0 aliphatic rings. The molecule has 0 aliphatic heterocycles. The van der Waals surface area contributed by atoms with E-state index >= 15 is 0 Å². The minimum Gasteiger partial charge on any atom is -0.456 e. The van der Waals surface area contributed by atoms with Crippen molar-refractivity contribution in [2.75, 3.05) is 0 Å². The Balaban J connectivity index is 1.34. The van der Waals surface area contributed by atoms with Crippen molar-refractivity contribution in [3.05, 3.63) is 157 Å². The second kappa shape index (κ2) is 9.44. The number of rotatable bonds is 3. The number of para-hydroxylation sites is 1. The van der Waals surface area contributed by atoms with Crippen LogP contribution in [0, 0.1) is 0 Å². The van der Waals surface area contributed by atoms with Gasteiger partial charge in [0.05, 0.1) is 19.2 Å². The Morgan fingerprint density at radius 2 is 1.02 bits per heavy atom. The molecule has 9 aromatic rings. The van der Waals surface area contributed by atoms with Crippen molar-refractivity contribution in [3.63, 3.8) is 0 Å². The number of furan rings is 1. The average molecular weight is 561 g/mol. The molecule has 0 N–H and O–H groups in total. The van der Waals surface area contributed by atoms with Gasteiger partial charge in [-0.05, 0) is 83.8 Å². The van der Waals surface area contributed by atoms with E-state index < -0.39 is 60.4 Å². The molecule has 0 radical (unpaired) electrons. The summed E-state index contributed by atoms with van der Waals surface area (Å²) in [5, 5.41) is 2.63. The Hall–Kier alpha value is -5.66. The van der Waals surface area contributed by atoms with Crippen LogP contribution in [0.1, 0.15) is 19.2 Å². The normalized spacial score (nSPS) is 16.3. The van der Waals surface area contributed by atoms with Gasteiger partial charge in [-0.1, -0.05) is 139 Å². The summed E-state index contributed by atoms with van der Waals surface area (Å²) in [4.78, 5) is 0. The predicted molar refractivity (Wildman–Crippen MR) is 183 cm³/mol. The fourth-order valence-corrected chi connectivity index (χ4v) is 5.99. The molecule has 0 spiro atoms. The molecule has 0 aliphatic carbocycles. The monoisotopic (exact) mass is 560 g/mol.